The van der Waals surface area contributed by atoms with Crippen LogP contribution in [0, 0.1) is 11.3 Å². The first-order chi connectivity index (χ1) is 13.9. The van der Waals surface area contributed by atoms with Crippen LogP contribution in [0.15, 0.2) is 36.4 Å². The van der Waals surface area contributed by atoms with Crippen LogP contribution in [0.25, 0.3) is 0 Å². The number of hydrogen-bond acceptors (Lipinski definition) is 6. The number of benzene rings is 2. The number of carbonyl (C=O) groups is 1. The van der Waals surface area contributed by atoms with Gasteiger partial charge in [0, 0.05) is 6.54 Å². The summed E-state index contributed by atoms with van der Waals surface area (Å²) in [4.78, 5) is 12.0. The summed E-state index contributed by atoms with van der Waals surface area (Å²) < 4.78 is 35.4. The van der Waals surface area contributed by atoms with E-state index in [1.165, 1.54) is 0 Å². The highest BCUT2D eigenvalue weighted by Crippen LogP contribution is 2.38. The van der Waals surface area contributed by atoms with E-state index < -0.39 is 21.5 Å². The van der Waals surface area contributed by atoms with Gasteiger partial charge >= 0.3 is 0 Å². The van der Waals surface area contributed by atoms with Crippen LogP contribution in [0.4, 0.5) is 0 Å². The van der Waals surface area contributed by atoms with Gasteiger partial charge in [0.2, 0.25) is 5.91 Å². The highest BCUT2D eigenvalue weighted by atomic mass is 35.5. The Morgan fingerprint density at radius 3 is 2.59 bits per heavy atom. The predicted molar refractivity (Wildman–Crippen MR) is 108 cm³/mol. The number of rotatable bonds is 7. The molecule has 29 heavy (non-hydrogen) atoms. The first kappa shape index (κ1) is 21.0. The lowest BCUT2D eigenvalue weighted by Gasteiger charge is -2.20. The Kier molecular flexibility index (Phi) is 6.62. The summed E-state index contributed by atoms with van der Waals surface area (Å²) in [6.07, 6.45) is 0.470. The van der Waals surface area contributed by atoms with Gasteiger partial charge in [-0.05, 0) is 41.8 Å². The summed E-state index contributed by atoms with van der Waals surface area (Å²) in [7, 11) is -3.62. The Labute approximate surface area is 174 Å². The summed E-state index contributed by atoms with van der Waals surface area (Å²) in [6, 6.07) is 11.7. The van der Waals surface area contributed by atoms with Crippen molar-refractivity contribution < 1.29 is 22.7 Å². The molecule has 7 nitrogen and oxygen atoms in total. The zero-order valence-electron chi connectivity index (χ0n) is 15.5. The number of amides is 1. The second-order valence-corrected chi connectivity index (χ2v) is 9.01. The van der Waals surface area contributed by atoms with Crippen molar-refractivity contribution in [3.8, 4) is 17.6 Å². The number of carbonyl (C=O) groups excluding carboxylic acids is 1. The lowest BCUT2D eigenvalue weighted by Crippen LogP contribution is -2.32. The molecule has 1 N–H and O–H groups in total. The largest absolute Gasteiger partial charge is 0.486 e. The summed E-state index contributed by atoms with van der Waals surface area (Å²) in [5.74, 6) is -0.351. The molecule has 0 radical (unpaired) electrons. The molecule has 0 atom stereocenters. The van der Waals surface area contributed by atoms with Crippen molar-refractivity contribution in [2.75, 3.05) is 25.5 Å². The Bertz CT molecular complexity index is 1050. The summed E-state index contributed by atoms with van der Waals surface area (Å²) in [6.45, 7) is 1.15. The molecule has 1 aliphatic rings. The minimum absolute atomic E-state index is 0.260. The molecule has 1 amide bonds. The number of nitriles is 1. The number of nitrogens with one attached hydrogen (secondary N) is 1. The average Bonchev–Trinajstić information content (AvgIpc) is 2.68. The molecule has 2 aromatic carbocycles. The van der Waals surface area contributed by atoms with Gasteiger partial charge in [-0.15, -0.1) is 0 Å². The molecular weight excluding hydrogens is 416 g/mol. The second-order valence-electron chi connectivity index (χ2n) is 6.54. The van der Waals surface area contributed by atoms with Gasteiger partial charge in [0.15, 0.2) is 21.3 Å². The van der Waals surface area contributed by atoms with Crippen molar-refractivity contribution in [1.29, 1.82) is 5.26 Å². The molecule has 3 rings (SSSR count). The van der Waals surface area contributed by atoms with Crippen LogP contribution in [-0.2, 0) is 26.8 Å². The fraction of sp³-hybridized carbons (Fsp3) is 0.300. The van der Waals surface area contributed by atoms with Gasteiger partial charge in [0.1, 0.15) is 19.0 Å². The molecule has 9 heteroatoms. The van der Waals surface area contributed by atoms with Crippen LogP contribution < -0.4 is 14.8 Å². The predicted octanol–water partition coefficient (Wildman–Crippen LogP) is 2.26. The van der Waals surface area contributed by atoms with Crippen LogP contribution in [0.3, 0.4) is 0 Å². The molecule has 0 aromatic heterocycles. The van der Waals surface area contributed by atoms with Gasteiger partial charge < -0.3 is 14.8 Å². The first-order valence-electron chi connectivity index (χ1n) is 8.90. The highest BCUT2D eigenvalue weighted by molar-refractivity contribution is 7.91. The molecule has 0 aliphatic carbocycles. The number of sulfone groups is 1. The lowest BCUT2D eigenvalue weighted by molar-refractivity contribution is -0.118. The minimum Gasteiger partial charge on any atom is -0.486 e. The fourth-order valence-corrected chi connectivity index (χ4v) is 4.48. The van der Waals surface area contributed by atoms with Crippen molar-refractivity contribution in [1.82, 2.24) is 5.32 Å². The summed E-state index contributed by atoms with van der Waals surface area (Å²) in [5, 5.41) is 11.8. The number of halogens is 1. The monoisotopic (exact) mass is 434 g/mol. The Morgan fingerprint density at radius 1 is 1.14 bits per heavy atom. The number of ether oxygens (including phenoxy) is 2. The van der Waals surface area contributed by atoms with Gasteiger partial charge in [-0.25, -0.2) is 8.42 Å². The van der Waals surface area contributed by atoms with Crippen LogP contribution in [-0.4, -0.2) is 39.8 Å². The van der Waals surface area contributed by atoms with E-state index >= 15 is 0 Å². The van der Waals surface area contributed by atoms with Crippen molar-refractivity contribution in [2.24, 2.45) is 0 Å². The molecule has 1 aliphatic heterocycles. The molecule has 0 unspecified atom stereocenters. The van der Waals surface area contributed by atoms with Crippen molar-refractivity contribution in [2.45, 2.75) is 12.2 Å². The third-order valence-corrected chi connectivity index (χ3v) is 5.97. The highest BCUT2D eigenvalue weighted by Gasteiger charge is 2.19. The maximum atomic E-state index is 12.2. The lowest BCUT2D eigenvalue weighted by atomic mass is 10.1. The third-order valence-electron chi connectivity index (χ3n) is 4.21. The Hall–Kier alpha value is -2.76. The molecule has 0 saturated heterocycles. The quantitative estimate of drug-likeness (QED) is 0.716. The van der Waals surface area contributed by atoms with Crippen molar-refractivity contribution in [3.63, 3.8) is 0 Å². The molecule has 0 bridgehead atoms. The van der Waals surface area contributed by atoms with Crippen LogP contribution in [0.5, 0.6) is 11.5 Å². The van der Waals surface area contributed by atoms with E-state index in [-0.39, 0.29) is 12.3 Å². The molecule has 2 aromatic rings. The molecule has 1 heterocycles. The number of fused-ring (bicyclic) bond motifs is 1. The number of hydrogen-bond donors (Lipinski definition) is 1. The standard InChI is InChI=1S/C20H19ClN2O5S/c21-17-9-16(10-18-20(17)28-8-7-27-18)5-6-23-19(24)13-29(25,26)12-15-3-1-14(11-22)2-4-15/h1-4,9-10H,5-8,12-13H2,(H,23,24). The summed E-state index contributed by atoms with van der Waals surface area (Å²) in [5.41, 5.74) is 1.82. The normalized spacial score (nSPS) is 12.8. The van der Waals surface area contributed by atoms with Gasteiger partial charge in [-0.1, -0.05) is 23.7 Å². The average molecular weight is 435 g/mol. The van der Waals surface area contributed by atoms with E-state index in [4.69, 9.17) is 26.3 Å². The van der Waals surface area contributed by atoms with Gasteiger partial charge in [-0.2, -0.15) is 5.26 Å². The van der Waals surface area contributed by atoms with Crippen LogP contribution in [0.1, 0.15) is 16.7 Å². The van der Waals surface area contributed by atoms with E-state index in [2.05, 4.69) is 5.32 Å². The van der Waals surface area contributed by atoms with Crippen molar-refractivity contribution in [3.05, 3.63) is 58.1 Å². The molecular formula is C20H19ClN2O5S. The van der Waals surface area contributed by atoms with E-state index in [1.807, 2.05) is 6.07 Å². The van der Waals surface area contributed by atoms with E-state index in [1.54, 1.807) is 36.4 Å². The second kappa shape index (κ2) is 9.16. The Balaban J connectivity index is 1.50. The fourth-order valence-electron chi connectivity index (χ4n) is 2.89. The molecule has 0 spiro atoms. The topological polar surface area (TPSA) is 105 Å². The van der Waals surface area contributed by atoms with Crippen LogP contribution >= 0.6 is 11.6 Å². The van der Waals surface area contributed by atoms with Gasteiger partial charge in [0.05, 0.1) is 22.4 Å². The van der Waals surface area contributed by atoms with E-state index in [0.717, 1.165) is 5.56 Å². The molecule has 152 valence electrons. The van der Waals surface area contributed by atoms with E-state index in [0.29, 0.717) is 47.3 Å². The maximum absolute atomic E-state index is 12.2. The van der Waals surface area contributed by atoms with E-state index in [9.17, 15) is 13.2 Å². The van der Waals surface area contributed by atoms with Gasteiger partial charge in [-0.3, -0.25) is 4.79 Å². The Morgan fingerprint density at radius 2 is 1.86 bits per heavy atom. The zero-order chi connectivity index (χ0) is 20.9. The van der Waals surface area contributed by atoms with Crippen LogP contribution in [0.2, 0.25) is 5.02 Å². The SMILES string of the molecule is N#Cc1ccc(CS(=O)(=O)CC(=O)NCCc2cc(Cl)c3c(c2)OCCO3)cc1. The third kappa shape index (κ3) is 5.86. The molecule has 0 saturated carbocycles. The van der Waals surface area contributed by atoms with Crippen molar-refractivity contribution >= 4 is 27.3 Å². The smallest absolute Gasteiger partial charge is 0.235 e. The first-order valence-corrected chi connectivity index (χ1v) is 11.1. The van der Waals surface area contributed by atoms with Gasteiger partial charge in [0.25, 0.3) is 0 Å². The molecule has 0 fully saturated rings. The maximum Gasteiger partial charge on any atom is 0.235 e. The number of nitrogens with zero attached hydrogens (tertiary/aromatic N) is 1. The summed E-state index contributed by atoms with van der Waals surface area (Å²) >= 11 is 6.18. The zero-order valence-corrected chi connectivity index (χ0v) is 17.1. The minimum atomic E-state index is -3.62.